The fourth-order valence-corrected chi connectivity index (χ4v) is 3.00. The maximum atomic E-state index is 12.5. The number of hydrogen-bond donors (Lipinski definition) is 0. The quantitative estimate of drug-likeness (QED) is 0.870. The van der Waals surface area contributed by atoms with Crippen molar-refractivity contribution in [1.29, 1.82) is 0 Å². The van der Waals surface area contributed by atoms with Gasteiger partial charge in [-0.25, -0.2) is 0 Å². The van der Waals surface area contributed by atoms with Gasteiger partial charge in [0.2, 0.25) is 0 Å². The van der Waals surface area contributed by atoms with Gasteiger partial charge in [-0.1, -0.05) is 29.8 Å². The Morgan fingerprint density at radius 3 is 2.48 bits per heavy atom. The topological polar surface area (TPSA) is 41.4 Å². The van der Waals surface area contributed by atoms with Crippen molar-refractivity contribution in [3.05, 3.63) is 52.8 Å². The molecule has 0 radical (unpaired) electrons. The molecule has 0 aliphatic carbocycles. The van der Waals surface area contributed by atoms with Gasteiger partial charge in [-0.2, -0.15) is 5.10 Å². The lowest BCUT2D eigenvalue weighted by atomic mass is 10.1. The molecule has 1 saturated heterocycles. The van der Waals surface area contributed by atoms with Gasteiger partial charge >= 0.3 is 0 Å². The summed E-state index contributed by atoms with van der Waals surface area (Å²) in [6.45, 7) is 8.38. The molecule has 1 amide bonds. The molecular weight excluding hydrogens is 288 g/mol. The molecule has 0 unspecified atom stereocenters. The summed E-state index contributed by atoms with van der Waals surface area (Å²) in [7, 11) is 1.87. The normalized spacial score (nSPS) is 15.9. The number of piperazine rings is 1. The SMILES string of the molecule is Cc1cccc(CN2CCN(C(=O)c3cc(C)n(C)n3)CC2)c1. The monoisotopic (exact) mass is 312 g/mol. The lowest BCUT2D eigenvalue weighted by Gasteiger charge is -2.34. The van der Waals surface area contributed by atoms with E-state index in [4.69, 9.17) is 0 Å². The van der Waals surface area contributed by atoms with Crippen molar-refractivity contribution in [3.8, 4) is 0 Å². The Labute approximate surface area is 137 Å². The first-order valence-corrected chi connectivity index (χ1v) is 8.11. The van der Waals surface area contributed by atoms with Crippen molar-refractivity contribution in [2.75, 3.05) is 26.2 Å². The number of hydrogen-bond acceptors (Lipinski definition) is 3. The standard InChI is InChI=1S/C18H24N4O/c1-14-5-4-6-16(11-14)13-21-7-9-22(10-8-21)18(23)17-12-15(2)20(3)19-17/h4-6,11-12H,7-10,13H2,1-3H3. The van der Waals surface area contributed by atoms with Gasteiger partial charge in [0.05, 0.1) is 0 Å². The van der Waals surface area contributed by atoms with Crippen LogP contribution in [0.4, 0.5) is 0 Å². The number of carbonyl (C=O) groups is 1. The summed E-state index contributed by atoms with van der Waals surface area (Å²) < 4.78 is 1.75. The molecule has 1 aromatic heterocycles. The summed E-state index contributed by atoms with van der Waals surface area (Å²) >= 11 is 0. The van der Waals surface area contributed by atoms with Crippen molar-refractivity contribution in [2.45, 2.75) is 20.4 Å². The molecule has 2 aromatic rings. The van der Waals surface area contributed by atoms with E-state index in [1.54, 1.807) is 4.68 Å². The first-order valence-electron chi connectivity index (χ1n) is 8.11. The fourth-order valence-electron chi connectivity index (χ4n) is 3.00. The van der Waals surface area contributed by atoms with Crippen molar-refractivity contribution >= 4 is 5.91 Å². The van der Waals surface area contributed by atoms with Crippen LogP contribution in [0.15, 0.2) is 30.3 Å². The second kappa shape index (κ2) is 6.54. The molecule has 0 saturated carbocycles. The van der Waals surface area contributed by atoms with Gasteiger partial charge < -0.3 is 4.90 Å². The Balaban J connectivity index is 1.56. The number of benzene rings is 1. The summed E-state index contributed by atoms with van der Waals surface area (Å²) in [4.78, 5) is 16.8. The number of aromatic nitrogens is 2. The molecule has 122 valence electrons. The maximum Gasteiger partial charge on any atom is 0.274 e. The molecular formula is C18H24N4O. The van der Waals surface area contributed by atoms with E-state index in [-0.39, 0.29) is 5.91 Å². The molecule has 5 heteroatoms. The minimum atomic E-state index is 0.0453. The molecule has 0 spiro atoms. The first-order chi connectivity index (χ1) is 11.0. The Morgan fingerprint density at radius 2 is 1.87 bits per heavy atom. The molecule has 3 rings (SSSR count). The van der Waals surface area contributed by atoms with Gasteiger partial charge in [-0.05, 0) is 25.5 Å². The van der Waals surface area contributed by atoms with E-state index >= 15 is 0 Å². The van der Waals surface area contributed by atoms with Crippen LogP contribution in [0.25, 0.3) is 0 Å². The van der Waals surface area contributed by atoms with Crippen molar-refractivity contribution in [1.82, 2.24) is 19.6 Å². The largest absolute Gasteiger partial charge is 0.335 e. The highest BCUT2D eigenvalue weighted by atomic mass is 16.2. The molecule has 23 heavy (non-hydrogen) atoms. The zero-order valence-corrected chi connectivity index (χ0v) is 14.1. The molecule has 1 aliphatic rings. The highest BCUT2D eigenvalue weighted by Gasteiger charge is 2.24. The van der Waals surface area contributed by atoms with Gasteiger partial charge in [-0.3, -0.25) is 14.4 Å². The van der Waals surface area contributed by atoms with Gasteiger partial charge in [0.1, 0.15) is 0 Å². The van der Waals surface area contributed by atoms with Crippen LogP contribution in [0, 0.1) is 13.8 Å². The molecule has 0 atom stereocenters. The van der Waals surface area contributed by atoms with E-state index in [9.17, 15) is 4.79 Å². The Bertz CT molecular complexity index is 679. The summed E-state index contributed by atoms with van der Waals surface area (Å²) in [5, 5.41) is 4.29. The first kappa shape index (κ1) is 15.7. The predicted octanol–water partition coefficient (Wildman–Crippen LogP) is 1.99. The summed E-state index contributed by atoms with van der Waals surface area (Å²) in [5.41, 5.74) is 4.19. The van der Waals surface area contributed by atoms with Crippen molar-refractivity contribution < 1.29 is 4.79 Å². The number of nitrogens with zero attached hydrogens (tertiary/aromatic N) is 4. The second-order valence-electron chi connectivity index (χ2n) is 6.35. The fraction of sp³-hybridized carbons (Fsp3) is 0.444. The van der Waals surface area contributed by atoms with Crippen LogP contribution in [0.2, 0.25) is 0 Å². The third kappa shape index (κ3) is 3.62. The summed E-state index contributed by atoms with van der Waals surface area (Å²) in [5.74, 6) is 0.0453. The molecule has 1 aromatic carbocycles. The zero-order valence-electron chi connectivity index (χ0n) is 14.1. The highest BCUT2D eigenvalue weighted by Crippen LogP contribution is 2.12. The number of rotatable bonds is 3. The van der Waals surface area contributed by atoms with Crippen LogP contribution in [-0.2, 0) is 13.6 Å². The van der Waals surface area contributed by atoms with Gasteiger partial charge in [-0.15, -0.1) is 0 Å². The molecule has 0 bridgehead atoms. The average molecular weight is 312 g/mol. The van der Waals surface area contributed by atoms with Gasteiger partial charge in [0, 0.05) is 45.5 Å². The summed E-state index contributed by atoms with van der Waals surface area (Å²) in [6.07, 6.45) is 0. The van der Waals surface area contributed by atoms with E-state index in [1.165, 1.54) is 11.1 Å². The van der Waals surface area contributed by atoms with Gasteiger partial charge in [0.25, 0.3) is 5.91 Å². The van der Waals surface area contributed by atoms with E-state index in [2.05, 4.69) is 41.2 Å². The van der Waals surface area contributed by atoms with Crippen LogP contribution in [0.5, 0.6) is 0 Å². The highest BCUT2D eigenvalue weighted by molar-refractivity contribution is 5.92. The predicted molar refractivity (Wildman–Crippen MR) is 90.3 cm³/mol. The third-order valence-corrected chi connectivity index (χ3v) is 4.48. The lowest BCUT2D eigenvalue weighted by Crippen LogP contribution is -2.48. The molecule has 5 nitrogen and oxygen atoms in total. The van der Waals surface area contributed by atoms with Crippen LogP contribution in [-0.4, -0.2) is 51.7 Å². The minimum absolute atomic E-state index is 0.0453. The smallest absolute Gasteiger partial charge is 0.274 e. The number of carbonyl (C=O) groups excluding carboxylic acids is 1. The van der Waals surface area contributed by atoms with Crippen molar-refractivity contribution in [3.63, 3.8) is 0 Å². The average Bonchev–Trinajstić information content (AvgIpc) is 2.87. The molecule has 1 aliphatic heterocycles. The molecule has 1 fully saturated rings. The van der Waals surface area contributed by atoms with Crippen LogP contribution >= 0.6 is 0 Å². The zero-order chi connectivity index (χ0) is 16.4. The summed E-state index contributed by atoms with van der Waals surface area (Å²) in [6, 6.07) is 10.5. The van der Waals surface area contributed by atoms with Gasteiger partial charge in [0.15, 0.2) is 5.69 Å². The second-order valence-corrected chi connectivity index (χ2v) is 6.35. The van der Waals surface area contributed by atoms with Crippen LogP contribution < -0.4 is 0 Å². The van der Waals surface area contributed by atoms with E-state index in [1.807, 2.05) is 24.9 Å². The van der Waals surface area contributed by atoms with Crippen LogP contribution in [0.1, 0.15) is 27.3 Å². The molecule has 0 N–H and O–H groups in total. The number of aryl methyl sites for hydroxylation is 3. The Morgan fingerprint density at radius 1 is 1.13 bits per heavy atom. The number of amides is 1. The lowest BCUT2D eigenvalue weighted by molar-refractivity contribution is 0.0622. The third-order valence-electron chi connectivity index (χ3n) is 4.48. The van der Waals surface area contributed by atoms with E-state index < -0.39 is 0 Å². The Hall–Kier alpha value is -2.14. The van der Waals surface area contributed by atoms with Crippen LogP contribution in [0.3, 0.4) is 0 Å². The van der Waals surface area contributed by atoms with E-state index in [0.717, 1.165) is 38.4 Å². The maximum absolute atomic E-state index is 12.5. The van der Waals surface area contributed by atoms with Crippen molar-refractivity contribution in [2.24, 2.45) is 7.05 Å². The molecule has 2 heterocycles. The van der Waals surface area contributed by atoms with E-state index in [0.29, 0.717) is 5.69 Å². The minimum Gasteiger partial charge on any atom is -0.335 e. The Kier molecular flexibility index (Phi) is 4.48.